The molecule has 2 aromatic rings. The molecule has 0 unspecified atom stereocenters. The molecule has 0 fully saturated rings. The fraction of sp³-hybridized carbons (Fsp3) is 0.381. The molecule has 25 heavy (non-hydrogen) atoms. The predicted molar refractivity (Wildman–Crippen MR) is 101 cm³/mol. The normalized spacial score (nSPS) is 13.4. The summed E-state index contributed by atoms with van der Waals surface area (Å²) in [6.45, 7) is 4.55. The summed E-state index contributed by atoms with van der Waals surface area (Å²) in [5.41, 5.74) is 6.05. The third-order valence-corrected chi connectivity index (χ3v) is 4.68. The summed E-state index contributed by atoms with van der Waals surface area (Å²) < 4.78 is 5.22. The Hall–Kier alpha value is -2.33. The Bertz CT molecular complexity index is 742. The molecule has 1 N–H and O–H groups in total. The number of nitrogens with one attached hydrogen (secondary N) is 1. The summed E-state index contributed by atoms with van der Waals surface area (Å²) in [5, 5.41) is 3.05. The van der Waals surface area contributed by atoms with Crippen LogP contribution in [0.25, 0.3) is 0 Å². The third-order valence-electron chi connectivity index (χ3n) is 4.68. The van der Waals surface area contributed by atoms with Crippen molar-refractivity contribution in [1.82, 2.24) is 5.32 Å². The molecule has 0 atom stereocenters. The van der Waals surface area contributed by atoms with Gasteiger partial charge in [-0.1, -0.05) is 42.0 Å². The molecule has 0 radical (unpaired) electrons. The van der Waals surface area contributed by atoms with Crippen LogP contribution in [-0.2, 0) is 29.1 Å². The molecule has 0 spiro atoms. The van der Waals surface area contributed by atoms with E-state index >= 15 is 0 Å². The van der Waals surface area contributed by atoms with Gasteiger partial charge in [-0.25, -0.2) is 0 Å². The van der Waals surface area contributed by atoms with Gasteiger partial charge in [0.2, 0.25) is 5.91 Å². The number of hydrogen-bond donors (Lipinski definition) is 1. The van der Waals surface area contributed by atoms with E-state index in [4.69, 9.17) is 4.74 Å². The Kier molecular flexibility index (Phi) is 5.71. The van der Waals surface area contributed by atoms with Gasteiger partial charge in [-0.05, 0) is 42.5 Å². The SMILES string of the molecule is COCc1ccccc1CNC(=O)CN1CCCc2cc(C)ccc21. The molecule has 0 bridgehead atoms. The smallest absolute Gasteiger partial charge is 0.239 e. The standard InChI is InChI=1S/C21H26N2O2/c1-16-9-10-20-17(12-16)8-5-11-23(20)14-21(24)22-13-18-6-3-4-7-19(18)15-25-2/h3-4,6-7,9-10,12H,5,8,11,13-15H2,1-2H3,(H,22,24). The van der Waals surface area contributed by atoms with Crippen LogP contribution in [0.1, 0.15) is 28.7 Å². The molecule has 2 aromatic carbocycles. The Morgan fingerprint density at radius 1 is 1.20 bits per heavy atom. The molecule has 0 aliphatic carbocycles. The van der Waals surface area contributed by atoms with Gasteiger partial charge in [-0.2, -0.15) is 0 Å². The second kappa shape index (κ2) is 8.17. The predicted octanol–water partition coefficient (Wildman–Crippen LogP) is 3.21. The summed E-state index contributed by atoms with van der Waals surface area (Å²) >= 11 is 0. The van der Waals surface area contributed by atoms with Crippen molar-refractivity contribution in [2.45, 2.75) is 32.9 Å². The van der Waals surface area contributed by atoms with Gasteiger partial charge >= 0.3 is 0 Å². The molecule has 0 saturated carbocycles. The van der Waals surface area contributed by atoms with Crippen LogP contribution in [0, 0.1) is 6.92 Å². The number of ether oxygens (including phenoxy) is 1. The summed E-state index contributed by atoms with van der Waals surface area (Å²) in [4.78, 5) is 14.6. The molecular weight excluding hydrogens is 312 g/mol. The second-order valence-corrected chi connectivity index (χ2v) is 6.64. The highest BCUT2D eigenvalue weighted by Gasteiger charge is 2.19. The van der Waals surface area contributed by atoms with Crippen LogP contribution in [0.4, 0.5) is 5.69 Å². The van der Waals surface area contributed by atoms with Crippen LogP contribution < -0.4 is 10.2 Å². The highest BCUT2D eigenvalue weighted by atomic mass is 16.5. The van der Waals surface area contributed by atoms with E-state index in [0.717, 1.165) is 30.5 Å². The number of hydrogen-bond acceptors (Lipinski definition) is 3. The number of anilines is 1. The molecule has 1 aliphatic rings. The molecule has 0 saturated heterocycles. The van der Waals surface area contributed by atoms with Gasteiger partial charge in [0.1, 0.15) is 0 Å². The van der Waals surface area contributed by atoms with Crippen LogP contribution >= 0.6 is 0 Å². The quantitative estimate of drug-likeness (QED) is 0.879. The average molecular weight is 338 g/mol. The molecule has 4 heteroatoms. The molecule has 1 amide bonds. The summed E-state index contributed by atoms with van der Waals surface area (Å²) in [5.74, 6) is 0.0562. The van der Waals surface area contributed by atoms with Crippen molar-refractivity contribution in [1.29, 1.82) is 0 Å². The number of carbonyl (C=O) groups is 1. The fourth-order valence-electron chi connectivity index (χ4n) is 3.42. The minimum Gasteiger partial charge on any atom is -0.380 e. The topological polar surface area (TPSA) is 41.6 Å². The van der Waals surface area contributed by atoms with Crippen LogP contribution in [0.3, 0.4) is 0 Å². The lowest BCUT2D eigenvalue weighted by molar-refractivity contribution is -0.119. The number of nitrogens with zero attached hydrogens (tertiary/aromatic N) is 1. The van der Waals surface area contributed by atoms with E-state index < -0.39 is 0 Å². The van der Waals surface area contributed by atoms with Crippen LogP contribution in [0.15, 0.2) is 42.5 Å². The van der Waals surface area contributed by atoms with E-state index in [-0.39, 0.29) is 5.91 Å². The van der Waals surface area contributed by atoms with Crippen molar-refractivity contribution in [2.75, 3.05) is 25.1 Å². The van der Waals surface area contributed by atoms with Crippen molar-refractivity contribution in [3.05, 3.63) is 64.7 Å². The van der Waals surface area contributed by atoms with Crippen LogP contribution in [0.5, 0.6) is 0 Å². The van der Waals surface area contributed by atoms with E-state index in [1.807, 2.05) is 24.3 Å². The zero-order valence-corrected chi connectivity index (χ0v) is 15.0. The van der Waals surface area contributed by atoms with Gasteiger partial charge in [0.15, 0.2) is 0 Å². The van der Waals surface area contributed by atoms with Gasteiger partial charge in [-0.3, -0.25) is 4.79 Å². The van der Waals surface area contributed by atoms with Crippen molar-refractivity contribution in [2.24, 2.45) is 0 Å². The Balaban J connectivity index is 1.61. The minimum absolute atomic E-state index is 0.0562. The zero-order chi connectivity index (χ0) is 17.6. The molecular formula is C21H26N2O2. The zero-order valence-electron chi connectivity index (χ0n) is 15.0. The van der Waals surface area contributed by atoms with Crippen molar-refractivity contribution >= 4 is 11.6 Å². The lowest BCUT2D eigenvalue weighted by Gasteiger charge is -2.31. The average Bonchev–Trinajstić information content (AvgIpc) is 2.61. The molecule has 3 rings (SSSR count). The summed E-state index contributed by atoms with van der Waals surface area (Å²) in [6, 6.07) is 14.6. The molecule has 1 aliphatic heterocycles. The Labute approximate surface area is 149 Å². The Morgan fingerprint density at radius 2 is 2.00 bits per heavy atom. The summed E-state index contributed by atoms with van der Waals surface area (Å²) in [6.07, 6.45) is 2.19. The number of aryl methyl sites for hydroxylation is 2. The van der Waals surface area contributed by atoms with E-state index in [1.165, 1.54) is 16.8 Å². The molecule has 0 aromatic heterocycles. The maximum absolute atomic E-state index is 12.4. The highest BCUT2D eigenvalue weighted by Crippen LogP contribution is 2.27. The first-order valence-corrected chi connectivity index (χ1v) is 8.84. The van der Waals surface area contributed by atoms with E-state index in [2.05, 4.69) is 35.3 Å². The number of methoxy groups -OCH3 is 1. The number of benzene rings is 2. The van der Waals surface area contributed by atoms with E-state index in [9.17, 15) is 4.79 Å². The van der Waals surface area contributed by atoms with Crippen LogP contribution in [0.2, 0.25) is 0 Å². The first kappa shape index (κ1) is 17.5. The lowest BCUT2D eigenvalue weighted by atomic mass is 9.99. The monoisotopic (exact) mass is 338 g/mol. The first-order chi connectivity index (χ1) is 12.2. The Morgan fingerprint density at radius 3 is 2.80 bits per heavy atom. The van der Waals surface area contributed by atoms with Crippen molar-refractivity contribution < 1.29 is 9.53 Å². The van der Waals surface area contributed by atoms with Crippen molar-refractivity contribution in [3.8, 4) is 0 Å². The molecule has 132 valence electrons. The largest absolute Gasteiger partial charge is 0.380 e. The number of carbonyl (C=O) groups excluding carboxylic acids is 1. The highest BCUT2D eigenvalue weighted by molar-refractivity contribution is 5.82. The number of rotatable bonds is 6. The minimum atomic E-state index is 0.0562. The van der Waals surface area contributed by atoms with Gasteiger partial charge in [-0.15, -0.1) is 0 Å². The fourth-order valence-corrected chi connectivity index (χ4v) is 3.42. The van der Waals surface area contributed by atoms with Gasteiger partial charge < -0.3 is 15.0 Å². The lowest BCUT2D eigenvalue weighted by Crippen LogP contribution is -2.39. The number of fused-ring (bicyclic) bond motifs is 1. The maximum Gasteiger partial charge on any atom is 0.239 e. The summed E-state index contributed by atoms with van der Waals surface area (Å²) in [7, 11) is 1.69. The maximum atomic E-state index is 12.4. The van der Waals surface area contributed by atoms with Crippen LogP contribution in [-0.4, -0.2) is 26.1 Å². The first-order valence-electron chi connectivity index (χ1n) is 8.84. The van der Waals surface area contributed by atoms with Crippen molar-refractivity contribution in [3.63, 3.8) is 0 Å². The van der Waals surface area contributed by atoms with E-state index in [0.29, 0.717) is 19.7 Å². The molecule has 4 nitrogen and oxygen atoms in total. The molecule has 1 heterocycles. The number of amides is 1. The van der Waals surface area contributed by atoms with Gasteiger partial charge in [0, 0.05) is 25.9 Å². The van der Waals surface area contributed by atoms with E-state index in [1.54, 1.807) is 7.11 Å². The van der Waals surface area contributed by atoms with Gasteiger partial charge in [0.25, 0.3) is 0 Å². The van der Waals surface area contributed by atoms with Gasteiger partial charge in [0.05, 0.1) is 13.2 Å². The third kappa shape index (κ3) is 4.40. The second-order valence-electron chi connectivity index (χ2n) is 6.64.